The van der Waals surface area contributed by atoms with E-state index in [-0.39, 0.29) is 20.1 Å². The van der Waals surface area contributed by atoms with E-state index >= 15 is 0 Å². The van der Waals surface area contributed by atoms with E-state index in [9.17, 15) is 0 Å². The summed E-state index contributed by atoms with van der Waals surface area (Å²) in [5.74, 6) is 1.62. The predicted molar refractivity (Wildman–Crippen MR) is 235 cm³/mol. The van der Waals surface area contributed by atoms with Crippen molar-refractivity contribution in [2.75, 3.05) is 0 Å². The second-order valence-corrected chi connectivity index (χ2v) is 15.5. The van der Waals surface area contributed by atoms with Crippen LogP contribution in [0.25, 0.3) is 72.0 Å². The van der Waals surface area contributed by atoms with Crippen molar-refractivity contribution in [2.24, 2.45) is 0 Å². The van der Waals surface area contributed by atoms with Crippen molar-refractivity contribution in [3.05, 3.63) is 186 Å². The molecular formula is C53H45IrN3-2. The van der Waals surface area contributed by atoms with Gasteiger partial charge in [0.2, 0.25) is 0 Å². The van der Waals surface area contributed by atoms with Crippen LogP contribution in [0.15, 0.2) is 152 Å². The molecule has 0 unspecified atom stereocenters. The fraction of sp³-hybridized carbons (Fsp3) is 0.170. The quantitative estimate of drug-likeness (QED) is 0.123. The van der Waals surface area contributed by atoms with Crippen LogP contribution in [0.5, 0.6) is 0 Å². The summed E-state index contributed by atoms with van der Waals surface area (Å²) in [7, 11) is 0. The van der Waals surface area contributed by atoms with E-state index in [2.05, 4.69) is 153 Å². The molecule has 7 aromatic carbocycles. The monoisotopic (exact) mass is 916 g/mol. The van der Waals surface area contributed by atoms with E-state index < -0.39 is 0 Å². The molecule has 0 atom stereocenters. The third kappa shape index (κ3) is 7.25. The van der Waals surface area contributed by atoms with Gasteiger partial charge >= 0.3 is 0 Å². The van der Waals surface area contributed by atoms with Gasteiger partial charge in [-0.05, 0) is 100 Å². The molecule has 2 heterocycles. The number of hydrogen-bond donors (Lipinski definition) is 0. The zero-order chi connectivity index (χ0) is 38.2. The minimum atomic E-state index is 0. The maximum Gasteiger partial charge on any atom is 0.0774 e. The zero-order valence-electron chi connectivity index (χ0n) is 32.9. The number of imidazole rings is 1. The molecule has 283 valence electrons. The first kappa shape index (κ1) is 38.2. The van der Waals surface area contributed by atoms with Crippen LogP contribution in [0.2, 0.25) is 0 Å². The smallest absolute Gasteiger partial charge is 0.0774 e. The maximum absolute atomic E-state index is 5.34. The van der Waals surface area contributed by atoms with Gasteiger partial charge in [-0.3, -0.25) is 4.98 Å². The van der Waals surface area contributed by atoms with Crippen molar-refractivity contribution in [2.45, 2.75) is 58.8 Å². The molecule has 0 saturated carbocycles. The van der Waals surface area contributed by atoms with Gasteiger partial charge in [-0.25, -0.2) is 0 Å². The van der Waals surface area contributed by atoms with Gasteiger partial charge in [0, 0.05) is 32.0 Å². The van der Waals surface area contributed by atoms with E-state index in [1.807, 2.05) is 42.5 Å². The average molecular weight is 916 g/mol. The molecule has 0 saturated heterocycles. The van der Waals surface area contributed by atoms with Gasteiger partial charge in [0.1, 0.15) is 0 Å². The van der Waals surface area contributed by atoms with Crippen LogP contribution in [0.3, 0.4) is 0 Å². The molecule has 1 radical (unpaired) electrons. The first-order valence-corrected chi connectivity index (χ1v) is 19.9. The number of pyridine rings is 1. The zero-order valence-corrected chi connectivity index (χ0v) is 35.3. The number of benzene rings is 7. The Bertz CT molecular complexity index is 2750. The predicted octanol–water partition coefficient (Wildman–Crippen LogP) is 13.7. The van der Waals surface area contributed by atoms with Crippen LogP contribution in [0, 0.1) is 12.1 Å². The molecule has 0 N–H and O–H groups in total. The summed E-state index contributed by atoms with van der Waals surface area (Å²) < 4.78 is 2.44. The topological polar surface area (TPSA) is 30.7 Å². The number of fused-ring (bicyclic) bond motifs is 7. The molecule has 4 heteroatoms. The fourth-order valence-corrected chi connectivity index (χ4v) is 8.54. The van der Waals surface area contributed by atoms with E-state index in [0.29, 0.717) is 11.8 Å². The van der Waals surface area contributed by atoms with Gasteiger partial charge in [-0.1, -0.05) is 128 Å². The van der Waals surface area contributed by atoms with E-state index in [4.69, 9.17) is 4.98 Å². The number of hydrogen-bond acceptors (Lipinski definition) is 2. The summed E-state index contributed by atoms with van der Waals surface area (Å²) in [6.07, 6.45) is 5.29. The molecule has 0 bridgehead atoms. The summed E-state index contributed by atoms with van der Waals surface area (Å²) in [4.78, 5) is 9.55. The first-order valence-electron chi connectivity index (χ1n) is 19.9. The third-order valence-corrected chi connectivity index (χ3v) is 11.2. The standard InChI is InChI=1S/C42H37N2.C11H8N.Ir/c1-26(2)36-24-30(28-13-6-5-7-14-28)25-37(27(3)4)41(36)44-40-20-11-10-19-39(40)43-42(44)29-21-22-35-32-16-9-8-15-31(32)33-17-12-18-34(33)38(35)23-29;1-2-6-10(7-3-1)11-8-4-5-9-12-11;/h5-11,13-16,19-20,22-27H,12,17-18H2,1-4H3;1-6,8-9H;/q2*-1;. The molecule has 1 aliphatic carbocycles. The van der Waals surface area contributed by atoms with Gasteiger partial charge in [-0.2, -0.15) is 0 Å². The number of aromatic nitrogens is 3. The Balaban J connectivity index is 0.000000300. The molecule has 0 spiro atoms. The molecule has 10 rings (SSSR count). The van der Waals surface area contributed by atoms with E-state index in [0.717, 1.165) is 46.5 Å². The Labute approximate surface area is 349 Å². The van der Waals surface area contributed by atoms with Crippen LogP contribution >= 0.6 is 0 Å². The summed E-state index contributed by atoms with van der Waals surface area (Å²) in [6.45, 7) is 9.25. The van der Waals surface area contributed by atoms with Crippen LogP contribution in [-0.2, 0) is 32.9 Å². The van der Waals surface area contributed by atoms with Crippen molar-refractivity contribution in [3.63, 3.8) is 0 Å². The van der Waals surface area contributed by atoms with Crippen LogP contribution in [-0.4, -0.2) is 14.5 Å². The largest absolute Gasteiger partial charge is 0.333 e. The molecule has 2 aromatic heterocycles. The van der Waals surface area contributed by atoms with Crippen molar-refractivity contribution in [1.29, 1.82) is 0 Å². The number of para-hydroxylation sites is 2. The molecule has 1 aliphatic rings. The van der Waals surface area contributed by atoms with Crippen molar-refractivity contribution >= 4 is 32.6 Å². The minimum absolute atomic E-state index is 0. The second kappa shape index (κ2) is 16.4. The molecule has 0 aliphatic heterocycles. The Kier molecular flexibility index (Phi) is 11.0. The van der Waals surface area contributed by atoms with Crippen molar-refractivity contribution in [1.82, 2.24) is 14.5 Å². The SMILES string of the molecule is CC(C)c1cc(-c2ccccc2)cc(C(C)C)c1-n1c(-c2[c-]cc3c(c2)c2c(c4ccccc43)CCC2)nc2ccccc21.[Ir].[c-]1ccccc1-c1ccccn1. The molecule has 9 aromatic rings. The summed E-state index contributed by atoms with van der Waals surface area (Å²) in [6, 6.07) is 58.2. The van der Waals surface area contributed by atoms with E-state index in [1.54, 1.807) is 6.20 Å². The Morgan fingerprint density at radius 2 is 1.25 bits per heavy atom. The Hall–Kier alpha value is -5.67. The summed E-state index contributed by atoms with van der Waals surface area (Å²) in [5.41, 5.74) is 14.7. The summed E-state index contributed by atoms with van der Waals surface area (Å²) >= 11 is 0. The number of rotatable bonds is 6. The number of aryl methyl sites for hydroxylation is 2. The minimum Gasteiger partial charge on any atom is -0.333 e. The van der Waals surface area contributed by atoms with Gasteiger partial charge in [0.05, 0.1) is 16.9 Å². The first-order chi connectivity index (χ1) is 27.5. The fourth-order valence-electron chi connectivity index (χ4n) is 8.54. The molecule has 0 fully saturated rings. The average Bonchev–Trinajstić information content (AvgIpc) is 3.91. The van der Waals surface area contributed by atoms with Gasteiger partial charge in [0.15, 0.2) is 0 Å². The molecule has 57 heavy (non-hydrogen) atoms. The molecular weight excluding hydrogens is 871 g/mol. The van der Waals surface area contributed by atoms with Crippen LogP contribution < -0.4 is 0 Å². The van der Waals surface area contributed by atoms with Gasteiger partial charge in [0.25, 0.3) is 0 Å². The molecule has 3 nitrogen and oxygen atoms in total. The van der Waals surface area contributed by atoms with Crippen LogP contribution in [0.4, 0.5) is 0 Å². The Morgan fingerprint density at radius 1 is 0.579 bits per heavy atom. The van der Waals surface area contributed by atoms with Gasteiger partial charge in [-0.15, -0.1) is 59.7 Å². The maximum atomic E-state index is 5.34. The van der Waals surface area contributed by atoms with Crippen molar-refractivity contribution in [3.8, 4) is 39.5 Å². The second-order valence-electron chi connectivity index (χ2n) is 15.5. The third-order valence-electron chi connectivity index (χ3n) is 11.2. The normalized spacial score (nSPS) is 12.2. The van der Waals surface area contributed by atoms with Crippen LogP contribution in [0.1, 0.15) is 68.2 Å². The molecule has 0 amide bonds. The summed E-state index contributed by atoms with van der Waals surface area (Å²) in [5, 5.41) is 5.39. The Morgan fingerprint density at radius 3 is 1.95 bits per heavy atom. The number of nitrogens with zero attached hydrogens (tertiary/aromatic N) is 3. The van der Waals surface area contributed by atoms with Crippen molar-refractivity contribution < 1.29 is 20.1 Å². The van der Waals surface area contributed by atoms with Gasteiger partial charge < -0.3 is 9.55 Å². The van der Waals surface area contributed by atoms with E-state index in [1.165, 1.54) is 67.0 Å².